The molecule has 0 bridgehead atoms. The minimum absolute atomic E-state index is 0.422. The van der Waals surface area contributed by atoms with Gasteiger partial charge in [0.2, 0.25) is 0 Å². The highest BCUT2D eigenvalue weighted by Gasteiger charge is 2.17. The van der Waals surface area contributed by atoms with Crippen molar-refractivity contribution in [3.8, 4) is 0 Å². The fourth-order valence-corrected chi connectivity index (χ4v) is 2.22. The third kappa shape index (κ3) is 1.63. The maximum Gasteiger partial charge on any atom is 0.124 e. The van der Waals surface area contributed by atoms with Crippen LogP contribution >= 0.6 is 0 Å². The van der Waals surface area contributed by atoms with Crippen LogP contribution in [0.1, 0.15) is 31.1 Å². The van der Waals surface area contributed by atoms with Gasteiger partial charge >= 0.3 is 0 Å². The predicted octanol–water partition coefficient (Wildman–Crippen LogP) is 2.38. The van der Waals surface area contributed by atoms with Crippen LogP contribution in [-0.2, 0) is 0 Å². The van der Waals surface area contributed by atoms with E-state index >= 15 is 0 Å². The first-order valence-corrected chi connectivity index (χ1v) is 5.61. The van der Waals surface area contributed by atoms with Gasteiger partial charge in [-0.2, -0.15) is 0 Å². The van der Waals surface area contributed by atoms with E-state index in [-0.39, 0.29) is 0 Å². The Hall–Kier alpha value is -1.35. The molecule has 1 aliphatic rings. The molecule has 1 aromatic heterocycles. The van der Waals surface area contributed by atoms with E-state index in [9.17, 15) is 0 Å². The molecular formula is C12H15N3. The average Bonchev–Trinajstić information content (AvgIpc) is 2.74. The summed E-state index contributed by atoms with van der Waals surface area (Å²) in [6.07, 6.45) is 3.78. The molecule has 0 radical (unpaired) electrons. The number of aromatic amines is 1. The molecule has 0 spiro atoms. The highest BCUT2D eigenvalue weighted by molar-refractivity contribution is 5.74. The number of hydrogen-bond donors (Lipinski definition) is 2. The van der Waals surface area contributed by atoms with Gasteiger partial charge in [0.05, 0.1) is 17.1 Å². The van der Waals surface area contributed by atoms with Gasteiger partial charge < -0.3 is 10.3 Å². The Morgan fingerprint density at radius 2 is 2.13 bits per heavy atom. The molecule has 1 fully saturated rings. The predicted molar refractivity (Wildman–Crippen MR) is 60.7 cm³/mol. The molecular weight excluding hydrogens is 186 g/mol. The Bertz CT molecular complexity index is 422. The SMILES string of the molecule is c1ccc2[nH]c(C3CCCCN3)nc2c1. The zero-order chi connectivity index (χ0) is 10.1. The number of piperidine rings is 1. The van der Waals surface area contributed by atoms with Gasteiger partial charge in [-0.3, -0.25) is 0 Å². The minimum atomic E-state index is 0.422. The monoisotopic (exact) mass is 201 g/mol. The van der Waals surface area contributed by atoms with Crippen LogP contribution in [-0.4, -0.2) is 16.5 Å². The summed E-state index contributed by atoms with van der Waals surface area (Å²) in [4.78, 5) is 8.01. The molecule has 3 nitrogen and oxygen atoms in total. The lowest BCUT2D eigenvalue weighted by Crippen LogP contribution is -2.27. The van der Waals surface area contributed by atoms with Gasteiger partial charge in [-0.1, -0.05) is 18.6 Å². The molecule has 2 N–H and O–H groups in total. The van der Waals surface area contributed by atoms with Crippen molar-refractivity contribution in [2.75, 3.05) is 6.54 Å². The van der Waals surface area contributed by atoms with Gasteiger partial charge in [0.1, 0.15) is 5.82 Å². The molecule has 1 unspecified atom stereocenters. The van der Waals surface area contributed by atoms with Gasteiger partial charge in [-0.25, -0.2) is 4.98 Å². The Labute approximate surface area is 88.9 Å². The Kier molecular flexibility index (Phi) is 2.18. The Morgan fingerprint density at radius 3 is 2.93 bits per heavy atom. The second kappa shape index (κ2) is 3.66. The first-order valence-electron chi connectivity index (χ1n) is 5.61. The number of fused-ring (bicyclic) bond motifs is 1. The van der Waals surface area contributed by atoms with Crippen LogP contribution in [0.25, 0.3) is 11.0 Å². The molecule has 15 heavy (non-hydrogen) atoms. The van der Waals surface area contributed by atoms with Crippen LogP contribution in [0.3, 0.4) is 0 Å². The Balaban J connectivity index is 1.96. The van der Waals surface area contributed by atoms with Crippen molar-refractivity contribution >= 4 is 11.0 Å². The number of hydrogen-bond acceptors (Lipinski definition) is 2. The summed E-state index contributed by atoms with van der Waals surface area (Å²) in [6, 6.07) is 8.62. The number of nitrogens with one attached hydrogen (secondary N) is 2. The van der Waals surface area contributed by atoms with Crippen LogP contribution < -0.4 is 5.32 Å². The normalized spacial score (nSPS) is 22.0. The lowest BCUT2D eigenvalue weighted by molar-refractivity contribution is 0.400. The van der Waals surface area contributed by atoms with Crippen molar-refractivity contribution in [3.63, 3.8) is 0 Å². The second-order valence-corrected chi connectivity index (χ2v) is 4.14. The molecule has 78 valence electrons. The summed E-state index contributed by atoms with van der Waals surface area (Å²) in [5, 5.41) is 3.50. The molecule has 1 saturated heterocycles. The van der Waals surface area contributed by atoms with E-state index < -0.39 is 0 Å². The molecule has 0 saturated carbocycles. The van der Waals surface area contributed by atoms with Crippen LogP contribution in [0.4, 0.5) is 0 Å². The first kappa shape index (κ1) is 8.92. The largest absolute Gasteiger partial charge is 0.341 e. The maximum atomic E-state index is 4.62. The smallest absolute Gasteiger partial charge is 0.124 e. The highest BCUT2D eigenvalue weighted by atomic mass is 15.0. The quantitative estimate of drug-likeness (QED) is 0.743. The van der Waals surface area contributed by atoms with Crippen LogP contribution in [0.15, 0.2) is 24.3 Å². The number of H-pyrrole nitrogens is 1. The fourth-order valence-electron chi connectivity index (χ4n) is 2.22. The number of nitrogens with zero attached hydrogens (tertiary/aromatic N) is 1. The fraction of sp³-hybridized carbons (Fsp3) is 0.417. The molecule has 1 aliphatic heterocycles. The van der Waals surface area contributed by atoms with E-state index in [0.717, 1.165) is 23.4 Å². The Morgan fingerprint density at radius 1 is 1.20 bits per heavy atom. The summed E-state index contributed by atoms with van der Waals surface area (Å²) < 4.78 is 0. The maximum absolute atomic E-state index is 4.62. The number of para-hydroxylation sites is 2. The third-order valence-corrected chi connectivity index (χ3v) is 3.05. The topological polar surface area (TPSA) is 40.7 Å². The van der Waals surface area contributed by atoms with Gasteiger partial charge in [0.15, 0.2) is 0 Å². The summed E-state index contributed by atoms with van der Waals surface area (Å²) >= 11 is 0. The van der Waals surface area contributed by atoms with Crippen molar-refractivity contribution in [3.05, 3.63) is 30.1 Å². The summed E-state index contributed by atoms with van der Waals surface area (Å²) in [5.74, 6) is 1.09. The molecule has 1 aromatic carbocycles. The molecule has 3 rings (SSSR count). The first-order chi connectivity index (χ1) is 7.43. The van der Waals surface area contributed by atoms with E-state index in [1.165, 1.54) is 19.3 Å². The van der Waals surface area contributed by atoms with E-state index in [0.29, 0.717) is 6.04 Å². The van der Waals surface area contributed by atoms with E-state index in [1.54, 1.807) is 0 Å². The van der Waals surface area contributed by atoms with E-state index in [4.69, 9.17) is 0 Å². The van der Waals surface area contributed by atoms with Crippen LogP contribution in [0.5, 0.6) is 0 Å². The number of imidazole rings is 1. The van der Waals surface area contributed by atoms with Gasteiger partial charge in [-0.05, 0) is 31.5 Å². The lowest BCUT2D eigenvalue weighted by Gasteiger charge is -2.21. The molecule has 2 aromatic rings. The molecule has 3 heteroatoms. The minimum Gasteiger partial charge on any atom is -0.341 e. The number of aromatic nitrogens is 2. The number of rotatable bonds is 1. The standard InChI is InChI=1S/C12H15N3/c1-2-6-10-9(5-1)14-12(15-10)11-7-3-4-8-13-11/h1-2,5-6,11,13H,3-4,7-8H2,(H,14,15). The third-order valence-electron chi connectivity index (χ3n) is 3.05. The molecule has 0 aliphatic carbocycles. The molecule has 0 amide bonds. The van der Waals surface area contributed by atoms with Crippen molar-refractivity contribution in [1.82, 2.24) is 15.3 Å². The van der Waals surface area contributed by atoms with Gasteiger partial charge in [0, 0.05) is 0 Å². The van der Waals surface area contributed by atoms with E-state index in [1.807, 2.05) is 12.1 Å². The second-order valence-electron chi connectivity index (χ2n) is 4.14. The van der Waals surface area contributed by atoms with Crippen molar-refractivity contribution in [1.29, 1.82) is 0 Å². The summed E-state index contributed by atoms with van der Waals surface area (Å²) in [7, 11) is 0. The van der Waals surface area contributed by atoms with Crippen LogP contribution in [0, 0.1) is 0 Å². The molecule has 1 atom stereocenters. The van der Waals surface area contributed by atoms with Crippen molar-refractivity contribution in [2.24, 2.45) is 0 Å². The summed E-state index contributed by atoms with van der Waals surface area (Å²) in [5.41, 5.74) is 2.21. The van der Waals surface area contributed by atoms with Gasteiger partial charge in [-0.15, -0.1) is 0 Å². The van der Waals surface area contributed by atoms with Crippen molar-refractivity contribution < 1.29 is 0 Å². The van der Waals surface area contributed by atoms with Gasteiger partial charge in [0.25, 0.3) is 0 Å². The number of benzene rings is 1. The zero-order valence-electron chi connectivity index (χ0n) is 8.66. The lowest BCUT2D eigenvalue weighted by atomic mass is 10.0. The highest BCUT2D eigenvalue weighted by Crippen LogP contribution is 2.22. The van der Waals surface area contributed by atoms with Crippen LogP contribution in [0.2, 0.25) is 0 Å². The average molecular weight is 201 g/mol. The zero-order valence-corrected chi connectivity index (χ0v) is 8.66. The van der Waals surface area contributed by atoms with Crippen molar-refractivity contribution in [2.45, 2.75) is 25.3 Å². The molecule has 2 heterocycles. The summed E-state index contributed by atoms with van der Waals surface area (Å²) in [6.45, 7) is 1.11. The van der Waals surface area contributed by atoms with E-state index in [2.05, 4.69) is 27.4 Å².